The summed E-state index contributed by atoms with van der Waals surface area (Å²) in [4.78, 5) is 28.9. The van der Waals surface area contributed by atoms with Crippen LogP contribution in [-0.4, -0.2) is 44.5 Å². The van der Waals surface area contributed by atoms with E-state index in [1.807, 2.05) is 14.1 Å². The average Bonchev–Trinajstić information content (AvgIpc) is 1.59. The zero-order valence-corrected chi connectivity index (χ0v) is 56.3. The van der Waals surface area contributed by atoms with Crippen LogP contribution in [-0.2, 0) is 34.7 Å². The van der Waals surface area contributed by atoms with E-state index in [9.17, 15) is 20.2 Å². The Labute approximate surface area is 554 Å². The van der Waals surface area contributed by atoms with Gasteiger partial charge in [-0.15, -0.1) is 20.5 Å². The van der Waals surface area contributed by atoms with Crippen molar-refractivity contribution in [3.8, 4) is 0 Å². The van der Waals surface area contributed by atoms with Crippen LogP contribution in [0.25, 0.3) is 21.5 Å². The van der Waals surface area contributed by atoms with Crippen LogP contribution in [0, 0.1) is 40.7 Å². The maximum atomic E-state index is 12.6. The van der Waals surface area contributed by atoms with Crippen LogP contribution in [0.1, 0.15) is 125 Å². The molecule has 2 saturated carbocycles. The van der Waals surface area contributed by atoms with Crippen molar-refractivity contribution >= 4 is 99.0 Å². The SMILES string of the molecule is CN1/C(=C/C=C/C2=[N+](Cc3ccc(C[N+]4=C(/C=C/C=C5/N(C)c6c([N+](=O)[O-])cc(Br)cc6C56CCCCC6)C(C)(C)c5c4ccc4ccccc54)cc3)c3ccc4ccccc4c3C2(C)C)C2(CCCCC2)c2cc(Br)cc([N+](=O)[O-])c21.[O-][Cl+3]([O-])([O-])[O-].[O-][Cl+3]([O-])([O-])[O-]. The highest BCUT2D eigenvalue weighted by atomic mass is 79.9. The second-order valence-corrected chi connectivity index (χ2v) is 28.9. The fourth-order valence-electron chi connectivity index (χ4n) is 15.9. The second kappa shape index (κ2) is 25.4. The maximum Gasteiger partial charge on any atom is 0.294 e. The first-order chi connectivity index (χ1) is 43.4. The van der Waals surface area contributed by atoms with E-state index in [4.69, 9.17) is 37.3 Å². The molecule has 2 spiro atoms. The fraction of sp³-hybridized carbons (Fsp3) is 0.314. The molecule has 13 rings (SSSR count). The minimum Gasteiger partial charge on any atom is -0.341 e. The molecule has 18 nitrogen and oxygen atoms in total. The van der Waals surface area contributed by atoms with Crippen molar-refractivity contribution in [3.05, 3.63) is 232 Å². The zero-order valence-electron chi connectivity index (χ0n) is 51.6. The highest BCUT2D eigenvalue weighted by molar-refractivity contribution is 9.10. The number of rotatable bonds is 10. The third-order valence-electron chi connectivity index (χ3n) is 19.6. The minimum atomic E-state index is -4.94. The topological polar surface area (TPSA) is 283 Å². The monoisotopic (exact) mass is 1410 g/mol. The molecule has 2 fully saturated rings. The van der Waals surface area contributed by atoms with E-state index >= 15 is 0 Å². The molecule has 2 aliphatic carbocycles. The van der Waals surface area contributed by atoms with Gasteiger partial charge in [0.1, 0.15) is 11.4 Å². The van der Waals surface area contributed by atoms with E-state index in [0.717, 1.165) is 95.7 Å². The number of hydrogen-bond donors (Lipinski definition) is 0. The Hall–Kier alpha value is -7.02. The van der Waals surface area contributed by atoms with Gasteiger partial charge in [0, 0.05) is 104 Å². The minimum absolute atomic E-state index is 0.139. The molecule has 7 aromatic rings. The Balaban J connectivity index is 0.000000807. The number of nitrogens with zero attached hydrogens (tertiary/aromatic N) is 6. The molecule has 0 atom stereocenters. The van der Waals surface area contributed by atoms with E-state index in [-0.39, 0.29) is 42.9 Å². The third-order valence-corrected chi connectivity index (χ3v) is 20.5. The predicted molar refractivity (Wildman–Crippen MR) is 340 cm³/mol. The molecule has 478 valence electrons. The molecule has 0 radical (unpaired) electrons. The first-order valence-electron chi connectivity index (χ1n) is 30.3. The summed E-state index contributed by atoms with van der Waals surface area (Å²) in [5.74, 6) is 0. The Morgan fingerprint density at radius 2 is 0.837 bits per heavy atom. The van der Waals surface area contributed by atoms with Crippen LogP contribution < -0.4 is 47.1 Å². The van der Waals surface area contributed by atoms with Crippen LogP contribution in [0.2, 0.25) is 0 Å². The highest BCUT2D eigenvalue weighted by Crippen LogP contribution is 2.60. The maximum absolute atomic E-state index is 12.6. The predicted octanol–water partition coefficient (Wildman–Crippen LogP) is 8.56. The van der Waals surface area contributed by atoms with Gasteiger partial charge in [-0.25, -0.2) is 37.3 Å². The van der Waals surface area contributed by atoms with Crippen molar-refractivity contribution in [1.82, 2.24) is 0 Å². The van der Waals surface area contributed by atoms with E-state index in [2.05, 4.69) is 224 Å². The molecule has 0 aromatic heterocycles. The summed E-state index contributed by atoms with van der Waals surface area (Å²) in [6.07, 6.45) is 23.9. The van der Waals surface area contributed by atoms with Gasteiger partial charge < -0.3 is 9.80 Å². The second-order valence-electron chi connectivity index (χ2n) is 25.5. The number of fused-ring (bicyclic) bond motifs is 10. The lowest BCUT2D eigenvalue weighted by molar-refractivity contribution is -2.00. The summed E-state index contributed by atoms with van der Waals surface area (Å²) in [5.41, 5.74) is 14.6. The van der Waals surface area contributed by atoms with Gasteiger partial charge in [-0.05, 0) is 122 Å². The Kier molecular flexibility index (Phi) is 18.3. The quantitative estimate of drug-likeness (QED) is 0.0704. The molecule has 22 heteroatoms. The van der Waals surface area contributed by atoms with E-state index < -0.39 is 20.5 Å². The molecule has 4 heterocycles. The molecule has 0 bridgehead atoms. The number of halogens is 4. The van der Waals surface area contributed by atoms with E-state index in [1.165, 1.54) is 66.6 Å². The number of nitro benzene ring substituents is 2. The highest BCUT2D eigenvalue weighted by Gasteiger charge is 2.52. The van der Waals surface area contributed by atoms with Crippen LogP contribution in [0.5, 0.6) is 0 Å². The van der Waals surface area contributed by atoms with Gasteiger partial charge in [0.15, 0.2) is 24.5 Å². The molecular formula is C70H68Br2Cl2N6O12. The average molecular weight is 1420 g/mol. The first kappa shape index (κ1) is 66.4. The number of allylic oxidation sites excluding steroid dienone is 8. The van der Waals surface area contributed by atoms with Gasteiger partial charge in [-0.2, -0.15) is 9.15 Å². The molecule has 7 aromatic carbocycles. The van der Waals surface area contributed by atoms with Gasteiger partial charge in [0.2, 0.25) is 11.4 Å². The number of likely N-dealkylation sites (N-methyl/N-ethyl adjacent to an activating group) is 2. The molecule has 6 aliphatic rings. The fourth-order valence-corrected chi connectivity index (χ4v) is 16.8. The van der Waals surface area contributed by atoms with Crippen molar-refractivity contribution in [2.75, 3.05) is 23.9 Å². The van der Waals surface area contributed by atoms with E-state index in [0.29, 0.717) is 24.5 Å². The normalized spacial score (nSPS) is 19.3. The summed E-state index contributed by atoms with van der Waals surface area (Å²) in [6.45, 7) is 10.7. The summed E-state index contributed by atoms with van der Waals surface area (Å²) in [5, 5.41) is 30.1. The largest absolute Gasteiger partial charge is 0.341 e. The smallest absolute Gasteiger partial charge is 0.294 e. The van der Waals surface area contributed by atoms with Crippen LogP contribution in [0.3, 0.4) is 0 Å². The van der Waals surface area contributed by atoms with Gasteiger partial charge in [-0.1, -0.05) is 155 Å². The summed E-state index contributed by atoms with van der Waals surface area (Å²) >= 11 is 7.28. The van der Waals surface area contributed by atoms with Gasteiger partial charge in [-0.3, -0.25) is 20.2 Å². The molecule has 4 aliphatic heterocycles. The number of benzene rings is 7. The molecule has 0 N–H and O–H groups in total. The summed E-state index contributed by atoms with van der Waals surface area (Å²) < 4.78 is 74.4. The number of hydrogen-bond acceptors (Lipinski definition) is 14. The van der Waals surface area contributed by atoms with Crippen LogP contribution >= 0.6 is 31.9 Å². The van der Waals surface area contributed by atoms with Gasteiger partial charge >= 0.3 is 0 Å². The van der Waals surface area contributed by atoms with E-state index in [1.54, 1.807) is 12.1 Å². The lowest BCUT2D eigenvalue weighted by Gasteiger charge is -2.36. The summed E-state index contributed by atoms with van der Waals surface area (Å²) in [7, 11) is -5.88. The van der Waals surface area contributed by atoms with Crippen molar-refractivity contribution in [2.45, 2.75) is 127 Å². The Morgan fingerprint density at radius 1 is 0.500 bits per heavy atom. The number of anilines is 2. The van der Waals surface area contributed by atoms with Crippen molar-refractivity contribution in [2.24, 2.45) is 0 Å². The van der Waals surface area contributed by atoms with Crippen molar-refractivity contribution in [3.63, 3.8) is 0 Å². The number of nitro groups is 2. The van der Waals surface area contributed by atoms with Gasteiger partial charge in [0.25, 0.3) is 11.4 Å². The van der Waals surface area contributed by atoms with Crippen LogP contribution in [0.15, 0.2) is 178 Å². The summed E-state index contributed by atoms with van der Waals surface area (Å²) in [6, 6.07) is 43.2. The van der Waals surface area contributed by atoms with Crippen LogP contribution in [0.4, 0.5) is 34.1 Å². The Morgan fingerprint density at radius 3 is 1.17 bits per heavy atom. The lowest BCUT2D eigenvalue weighted by atomic mass is 9.68. The van der Waals surface area contributed by atoms with Gasteiger partial charge in [0.05, 0.1) is 20.7 Å². The zero-order chi connectivity index (χ0) is 66.0. The van der Waals surface area contributed by atoms with Crippen molar-refractivity contribution < 1.29 is 76.8 Å². The van der Waals surface area contributed by atoms with Crippen molar-refractivity contribution in [1.29, 1.82) is 0 Å². The third kappa shape index (κ3) is 12.5. The molecule has 0 amide bonds. The first-order valence-corrected chi connectivity index (χ1v) is 34.4. The molecule has 0 unspecified atom stereocenters. The molecule has 0 saturated heterocycles. The lowest BCUT2D eigenvalue weighted by Crippen LogP contribution is -2.68. The Bertz CT molecular complexity index is 4040. The molecule has 92 heavy (non-hydrogen) atoms. The molecular weight excluding hydrogens is 1350 g/mol. The standard InChI is InChI=1S/C70H68Br2N6O4.2ClHO4/c1-67(2)59(23-17-25-61-69(35-13-7-14-36-69)53-39-49(71)41-57(77(79)80)65(53)73(61)5)75(55-33-31-47-19-9-11-21-51(47)63(55)67)43-45-27-29-46(30-28-45)44-76-56-34-32-48-20-10-12-22-52(48)64(56)68(3,4)60(76)24-18-26-62-70(37-15-8-16-38-70)54-40-50(72)42-58(78(81)82)66(54)74(62)6;2*2-1(3,4)5/h9-12,17-34,39-42H,7-8,13-16,35-38,43-44H2,1-6H3;2*(H,2,3,4,5)/q+2;;/p-2.